The Balaban J connectivity index is 1.55. The van der Waals surface area contributed by atoms with Crippen LogP contribution in [0.2, 0.25) is 0 Å². The van der Waals surface area contributed by atoms with Gasteiger partial charge in [-0.25, -0.2) is 0 Å². The van der Waals surface area contributed by atoms with Gasteiger partial charge in [0.1, 0.15) is 5.82 Å². The molecule has 1 aliphatic carbocycles. The SMILES string of the molecule is O=C(Nc1ccccc1)c1ccc(NC[C@@H](O)C2CC2)nn1. The van der Waals surface area contributed by atoms with Crippen LogP contribution in [0.1, 0.15) is 23.3 Å². The first-order valence-corrected chi connectivity index (χ1v) is 7.34. The van der Waals surface area contributed by atoms with Crippen molar-refractivity contribution in [1.82, 2.24) is 10.2 Å². The summed E-state index contributed by atoms with van der Waals surface area (Å²) in [5.74, 6) is 0.663. The van der Waals surface area contributed by atoms with Gasteiger partial charge in [-0.15, -0.1) is 10.2 Å². The number of aliphatic hydroxyl groups is 1. The molecule has 0 spiro atoms. The molecule has 1 aliphatic rings. The monoisotopic (exact) mass is 298 g/mol. The molecule has 1 atom stereocenters. The molecule has 3 rings (SSSR count). The molecule has 0 radical (unpaired) electrons. The smallest absolute Gasteiger partial charge is 0.276 e. The summed E-state index contributed by atoms with van der Waals surface area (Å²) in [6.45, 7) is 0.453. The summed E-state index contributed by atoms with van der Waals surface area (Å²) in [4.78, 5) is 12.0. The second-order valence-corrected chi connectivity index (χ2v) is 5.41. The van der Waals surface area contributed by atoms with Crippen LogP contribution in [-0.2, 0) is 0 Å². The van der Waals surface area contributed by atoms with Crippen LogP contribution in [0.15, 0.2) is 42.5 Å². The predicted octanol–water partition coefficient (Wildman–Crippen LogP) is 1.91. The van der Waals surface area contributed by atoms with Gasteiger partial charge in [0.15, 0.2) is 5.69 Å². The van der Waals surface area contributed by atoms with Gasteiger partial charge in [0.05, 0.1) is 6.10 Å². The van der Waals surface area contributed by atoms with Gasteiger partial charge >= 0.3 is 0 Å². The van der Waals surface area contributed by atoms with Crippen molar-refractivity contribution in [3.8, 4) is 0 Å². The Morgan fingerprint density at radius 3 is 2.59 bits per heavy atom. The fourth-order valence-electron chi connectivity index (χ4n) is 2.12. The van der Waals surface area contributed by atoms with Crippen molar-refractivity contribution in [3.63, 3.8) is 0 Å². The van der Waals surface area contributed by atoms with E-state index >= 15 is 0 Å². The quantitative estimate of drug-likeness (QED) is 0.758. The van der Waals surface area contributed by atoms with E-state index in [2.05, 4.69) is 20.8 Å². The first-order chi connectivity index (χ1) is 10.7. The number of hydrogen-bond acceptors (Lipinski definition) is 5. The zero-order valence-electron chi connectivity index (χ0n) is 12.1. The largest absolute Gasteiger partial charge is 0.391 e. The summed E-state index contributed by atoms with van der Waals surface area (Å²) >= 11 is 0. The predicted molar refractivity (Wildman–Crippen MR) is 83.6 cm³/mol. The Hall–Kier alpha value is -2.47. The van der Waals surface area contributed by atoms with Crippen molar-refractivity contribution in [2.24, 2.45) is 5.92 Å². The lowest BCUT2D eigenvalue weighted by molar-refractivity contribution is 0.102. The lowest BCUT2D eigenvalue weighted by Crippen LogP contribution is -2.22. The summed E-state index contributed by atoms with van der Waals surface area (Å²) in [6, 6.07) is 12.5. The van der Waals surface area contributed by atoms with E-state index in [4.69, 9.17) is 0 Å². The lowest BCUT2D eigenvalue weighted by atomic mass is 10.2. The van der Waals surface area contributed by atoms with Gasteiger partial charge in [-0.2, -0.15) is 0 Å². The zero-order valence-corrected chi connectivity index (χ0v) is 12.1. The van der Waals surface area contributed by atoms with E-state index in [0.717, 1.165) is 12.8 Å². The molecule has 114 valence electrons. The van der Waals surface area contributed by atoms with E-state index in [1.54, 1.807) is 24.3 Å². The first kappa shape index (κ1) is 14.5. The number of hydrogen-bond donors (Lipinski definition) is 3. The van der Waals surface area contributed by atoms with Crippen LogP contribution >= 0.6 is 0 Å². The van der Waals surface area contributed by atoms with Crippen LogP contribution < -0.4 is 10.6 Å². The third-order valence-corrected chi connectivity index (χ3v) is 3.59. The summed E-state index contributed by atoms with van der Waals surface area (Å²) in [5.41, 5.74) is 0.959. The van der Waals surface area contributed by atoms with Crippen LogP contribution in [0, 0.1) is 5.92 Å². The second-order valence-electron chi connectivity index (χ2n) is 5.41. The summed E-state index contributed by atoms with van der Waals surface area (Å²) in [5, 5.41) is 23.4. The van der Waals surface area contributed by atoms with Gasteiger partial charge in [0.2, 0.25) is 0 Å². The van der Waals surface area contributed by atoms with Crippen LogP contribution in [0.25, 0.3) is 0 Å². The van der Waals surface area contributed by atoms with E-state index in [-0.39, 0.29) is 17.7 Å². The first-order valence-electron chi connectivity index (χ1n) is 7.34. The molecule has 0 aliphatic heterocycles. The highest BCUT2D eigenvalue weighted by atomic mass is 16.3. The summed E-state index contributed by atoms with van der Waals surface area (Å²) in [6.07, 6.45) is 1.84. The second kappa shape index (κ2) is 6.53. The molecule has 6 nitrogen and oxygen atoms in total. The minimum absolute atomic E-state index is 0.247. The molecule has 2 aromatic rings. The van der Waals surface area contributed by atoms with Crippen LogP contribution in [0.5, 0.6) is 0 Å². The number of aromatic nitrogens is 2. The number of nitrogens with one attached hydrogen (secondary N) is 2. The summed E-state index contributed by atoms with van der Waals surface area (Å²) < 4.78 is 0. The van der Waals surface area contributed by atoms with Gasteiger partial charge in [-0.05, 0) is 43.0 Å². The number of para-hydroxylation sites is 1. The highest BCUT2D eigenvalue weighted by Gasteiger charge is 2.29. The average Bonchev–Trinajstić information content (AvgIpc) is 3.39. The maximum absolute atomic E-state index is 12.0. The molecule has 0 saturated heterocycles. The molecule has 1 amide bonds. The minimum Gasteiger partial charge on any atom is -0.391 e. The standard InChI is InChI=1S/C16H18N4O2/c21-14(11-6-7-11)10-17-15-9-8-13(19-20-15)16(22)18-12-4-2-1-3-5-12/h1-5,8-9,11,14,21H,6-7,10H2,(H,17,20)(H,18,22)/t14-/m1/s1. The molecular weight excluding hydrogens is 280 g/mol. The van der Waals surface area contributed by atoms with Crippen LogP contribution in [0.3, 0.4) is 0 Å². The molecule has 1 fully saturated rings. The lowest BCUT2D eigenvalue weighted by Gasteiger charge is -2.10. The number of nitrogens with zero attached hydrogens (tertiary/aromatic N) is 2. The van der Waals surface area contributed by atoms with Gasteiger partial charge in [-0.3, -0.25) is 4.79 Å². The minimum atomic E-state index is -0.345. The van der Waals surface area contributed by atoms with Crippen LogP contribution in [-0.4, -0.2) is 33.9 Å². The Morgan fingerprint density at radius 2 is 1.95 bits per heavy atom. The third-order valence-electron chi connectivity index (χ3n) is 3.59. The molecule has 3 N–H and O–H groups in total. The Bertz CT molecular complexity index is 626. The van der Waals surface area contributed by atoms with Gasteiger partial charge in [0, 0.05) is 12.2 Å². The third kappa shape index (κ3) is 3.79. The van der Waals surface area contributed by atoms with Crippen LogP contribution in [0.4, 0.5) is 11.5 Å². The molecule has 1 heterocycles. The fraction of sp³-hybridized carbons (Fsp3) is 0.312. The Morgan fingerprint density at radius 1 is 1.18 bits per heavy atom. The van der Waals surface area contributed by atoms with Crippen molar-refractivity contribution < 1.29 is 9.90 Å². The summed E-state index contributed by atoms with van der Waals surface area (Å²) in [7, 11) is 0. The van der Waals surface area contributed by atoms with E-state index in [0.29, 0.717) is 24.0 Å². The zero-order chi connectivity index (χ0) is 15.4. The molecule has 0 unspecified atom stereocenters. The van der Waals surface area contributed by atoms with Crippen molar-refractivity contribution >= 4 is 17.4 Å². The van der Waals surface area contributed by atoms with Crippen molar-refractivity contribution in [1.29, 1.82) is 0 Å². The molecular formula is C16H18N4O2. The Kier molecular flexibility index (Phi) is 4.29. The van der Waals surface area contributed by atoms with E-state index in [1.165, 1.54) is 0 Å². The fourth-order valence-corrected chi connectivity index (χ4v) is 2.12. The number of amides is 1. The van der Waals surface area contributed by atoms with E-state index in [1.807, 2.05) is 18.2 Å². The molecule has 0 bridgehead atoms. The molecule has 1 aromatic carbocycles. The maximum atomic E-state index is 12.0. The average molecular weight is 298 g/mol. The highest BCUT2D eigenvalue weighted by molar-refractivity contribution is 6.02. The van der Waals surface area contributed by atoms with Crippen molar-refractivity contribution in [2.75, 3.05) is 17.2 Å². The van der Waals surface area contributed by atoms with Gasteiger partial charge in [-0.1, -0.05) is 18.2 Å². The molecule has 6 heteroatoms. The number of carbonyl (C=O) groups is 1. The topological polar surface area (TPSA) is 87.1 Å². The van der Waals surface area contributed by atoms with E-state index < -0.39 is 0 Å². The molecule has 1 saturated carbocycles. The molecule has 22 heavy (non-hydrogen) atoms. The number of rotatable bonds is 6. The van der Waals surface area contributed by atoms with E-state index in [9.17, 15) is 9.90 Å². The number of carbonyl (C=O) groups excluding carboxylic acids is 1. The Labute approximate surface area is 128 Å². The number of aliphatic hydroxyl groups excluding tert-OH is 1. The van der Waals surface area contributed by atoms with Crippen molar-refractivity contribution in [3.05, 3.63) is 48.2 Å². The van der Waals surface area contributed by atoms with Gasteiger partial charge in [0.25, 0.3) is 5.91 Å². The normalized spacial score (nSPS) is 15.1. The van der Waals surface area contributed by atoms with Crippen molar-refractivity contribution in [2.45, 2.75) is 18.9 Å². The maximum Gasteiger partial charge on any atom is 0.276 e. The number of anilines is 2. The highest BCUT2D eigenvalue weighted by Crippen LogP contribution is 2.32. The number of benzene rings is 1. The van der Waals surface area contributed by atoms with Gasteiger partial charge < -0.3 is 15.7 Å². The molecule has 1 aromatic heterocycles.